The average molecular weight is 332 g/mol. The summed E-state index contributed by atoms with van der Waals surface area (Å²) in [5.74, 6) is 2.04. The Morgan fingerprint density at radius 2 is 1.79 bits per heavy atom. The molecule has 0 unspecified atom stereocenters. The molecule has 0 saturated carbocycles. The molecule has 1 saturated heterocycles. The number of hydrogen-bond donors (Lipinski definition) is 0. The number of aliphatic imine (C=N–C) groups is 1. The first kappa shape index (κ1) is 18.0. The highest BCUT2D eigenvalue weighted by Crippen LogP contribution is 2.13. The highest BCUT2D eigenvalue weighted by Gasteiger charge is 2.21. The van der Waals surface area contributed by atoms with Gasteiger partial charge < -0.3 is 19.6 Å². The van der Waals surface area contributed by atoms with Crippen LogP contribution in [0.1, 0.15) is 6.42 Å². The number of rotatable bonds is 4. The third-order valence-electron chi connectivity index (χ3n) is 3.98. The number of amides is 1. The molecule has 1 fully saturated rings. The van der Waals surface area contributed by atoms with Crippen LogP contribution in [0.4, 0.5) is 5.82 Å². The van der Waals surface area contributed by atoms with Gasteiger partial charge in [0, 0.05) is 67.0 Å². The largest absolute Gasteiger partial charge is 0.353 e. The summed E-state index contributed by atoms with van der Waals surface area (Å²) in [6, 6.07) is 5.92. The van der Waals surface area contributed by atoms with E-state index >= 15 is 0 Å². The monoisotopic (exact) mass is 332 g/mol. The number of aromatic nitrogens is 1. The van der Waals surface area contributed by atoms with Crippen LogP contribution in [0, 0.1) is 0 Å². The Hall–Kier alpha value is -2.31. The minimum atomic E-state index is 0.177. The fourth-order valence-corrected chi connectivity index (χ4v) is 2.82. The number of pyridine rings is 1. The van der Waals surface area contributed by atoms with Crippen LogP contribution < -0.4 is 4.90 Å². The quantitative estimate of drug-likeness (QED) is 0.597. The number of nitrogens with zero attached hydrogens (tertiary/aromatic N) is 6. The van der Waals surface area contributed by atoms with Gasteiger partial charge in [0.15, 0.2) is 5.96 Å². The lowest BCUT2D eigenvalue weighted by molar-refractivity contribution is -0.131. The zero-order chi connectivity index (χ0) is 17.5. The average Bonchev–Trinajstić information content (AvgIpc) is 2.58. The summed E-state index contributed by atoms with van der Waals surface area (Å²) in [5, 5.41) is 0. The molecule has 0 aromatic carbocycles. The summed E-state index contributed by atoms with van der Waals surface area (Å²) in [6.45, 7) is 3.66. The van der Waals surface area contributed by atoms with Gasteiger partial charge in [0.05, 0.1) is 6.54 Å². The molecule has 1 aliphatic heterocycles. The van der Waals surface area contributed by atoms with Crippen LogP contribution >= 0.6 is 0 Å². The first-order chi connectivity index (χ1) is 11.5. The highest BCUT2D eigenvalue weighted by molar-refractivity contribution is 5.80. The fourth-order valence-electron chi connectivity index (χ4n) is 2.82. The summed E-state index contributed by atoms with van der Waals surface area (Å²) in [6.07, 6.45) is 2.26. The molecule has 0 atom stereocenters. The van der Waals surface area contributed by atoms with Gasteiger partial charge in [-0.1, -0.05) is 6.07 Å². The summed E-state index contributed by atoms with van der Waals surface area (Å²) < 4.78 is 0. The molecule has 0 N–H and O–H groups in total. The Morgan fingerprint density at radius 1 is 1.12 bits per heavy atom. The number of carbonyl (C=O) groups excluding carboxylic acids is 1. The summed E-state index contributed by atoms with van der Waals surface area (Å²) in [7, 11) is 7.82. The lowest BCUT2D eigenvalue weighted by Gasteiger charge is -2.35. The van der Waals surface area contributed by atoms with Gasteiger partial charge in [-0.3, -0.25) is 9.79 Å². The van der Waals surface area contributed by atoms with Crippen LogP contribution in [0.5, 0.6) is 0 Å². The molecule has 1 aliphatic rings. The molecule has 2 rings (SSSR count). The number of hydrogen-bond acceptors (Lipinski definition) is 4. The zero-order valence-corrected chi connectivity index (χ0v) is 15.1. The summed E-state index contributed by atoms with van der Waals surface area (Å²) in [5.41, 5.74) is 0. The maximum atomic E-state index is 12.4. The third kappa shape index (κ3) is 4.84. The van der Waals surface area contributed by atoms with Crippen LogP contribution in [0.15, 0.2) is 29.4 Å². The SMILES string of the molecule is CN(C)C(=NCCC(=O)N1CCN(c2ccccn2)CC1)N(C)C. The van der Waals surface area contributed by atoms with Crippen LogP contribution in [0.25, 0.3) is 0 Å². The first-order valence-corrected chi connectivity index (χ1v) is 8.32. The molecular formula is C17H28N6O. The Labute approximate surface area is 144 Å². The van der Waals surface area contributed by atoms with E-state index in [1.165, 1.54) is 0 Å². The molecule has 132 valence electrons. The molecule has 0 aliphatic carbocycles. The Morgan fingerprint density at radius 3 is 2.33 bits per heavy atom. The molecule has 2 heterocycles. The molecular weight excluding hydrogens is 304 g/mol. The van der Waals surface area contributed by atoms with Crippen molar-refractivity contribution in [2.24, 2.45) is 4.99 Å². The van der Waals surface area contributed by atoms with E-state index in [4.69, 9.17) is 0 Å². The van der Waals surface area contributed by atoms with E-state index in [0.29, 0.717) is 13.0 Å². The van der Waals surface area contributed by atoms with Gasteiger partial charge in [0.2, 0.25) is 5.91 Å². The predicted octanol–water partition coefficient (Wildman–Crippen LogP) is 0.600. The predicted molar refractivity (Wildman–Crippen MR) is 97.3 cm³/mol. The van der Waals surface area contributed by atoms with Gasteiger partial charge in [-0.2, -0.15) is 0 Å². The molecule has 0 radical (unpaired) electrons. The second kappa shape index (κ2) is 8.52. The minimum absolute atomic E-state index is 0.177. The Balaban J connectivity index is 1.80. The maximum Gasteiger partial charge on any atom is 0.224 e. The second-order valence-electron chi connectivity index (χ2n) is 6.28. The molecule has 0 bridgehead atoms. The molecule has 0 spiro atoms. The van der Waals surface area contributed by atoms with E-state index in [0.717, 1.165) is 38.0 Å². The number of guanidine groups is 1. The van der Waals surface area contributed by atoms with E-state index in [2.05, 4.69) is 14.9 Å². The van der Waals surface area contributed by atoms with Crippen molar-refractivity contribution in [3.8, 4) is 0 Å². The molecule has 1 amide bonds. The van der Waals surface area contributed by atoms with Crippen LogP contribution in [-0.2, 0) is 4.79 Å². The lowest BCUT2D eigenvalue weighted by Crippen LogP contribution is -2.49. The third-order valence-corrected chi connectivity index (χ3v) is 3.98. The van der Waals surface area contributed by atoms with E-state index in [1.54, 1.807) is 6.20 Å². The van der Waals surface area contributed by atoms with Crippen molar-refractivity contribution in [3.63, 3.8) is 0 Å². The smallest absolute Gasteiger partial charge is 0.224 e. The highest BCUT2D eigenvalue weighted by atomic mass is 16.2. The lowest BCUT2D eigenvalue weighted by atomic mass is 10.2. The molecule has 24 heavy (non-hydrogen) atoms. The van der Waals surface area contributed by atoms with E-state index < -0.39 is 0 Å². The Bertz CT molecular complexity index is 539. The zero-order valence-electron chi connectivity index (χ0n) is 15.1. The van der Waals surface area contributed by atoms with Crippen molar-refractivity contribution in [2.75, 3.05) is 65.8 Å². The maximum absolute atomic E-state index is 12.4. The molecule has 1 aromatic heterocycles. The van der Waals surface area contributed by atoms with Crippen molar-refractivity contribution in [2.45, 2.75) is 6.42 Å². The van der Waals surface area contributed by atoms with Crippen LogP contribution in [-0.4, -0.2) is 92.5 Å². The van der Waals surface area contributed by atoms with E-state index in [-0.39, 0.29) is 5.91 Å². The van der Waals surface area contributed by atoms with Gasteiger partial charge in [-0.25, -0.2) is 4.98 Å². The van der Waals surface area contributed by atoms with Crippen molar-refractivity contribution in [1.82, 2.24) is 19.7 Å². The van der Waals surface area contributed by atoms with Crippen molar-refractivity contribution in [3.05, 3.63) is 24.4 Å². The first-order valence-electron chi connectivity index (χ1n) is 8.32. The van der Waals surface area contributed by atoms with Crippen molar-refractivity contribution >= 4 is 17.7 Å². The molecule has 7 nitrogen and oxygen atoms in total. The van der Waals surface area contributed by atoms with Crippen LogP contribution in [0.3, 0.4) is 0 Å². The number of carbonyl (C=O) groups is 1. The van der Waals surface area contributed by atoms with Gasteiger partial charge in [-0.15, -0.1) is 0 Å². The summed E-state index contributed by atoms with van der Waals surface area (Å²) >= 11 is 0. The normalized spacial score (nSPS) is 14.3. The topological polar surface area (TPSA) is 55.3 Å². The minimum Gasteiger partial charge on any atom is -0.353 e. The molecule has 7 heteroatoms. The second-order valence-corrected chi connectivity index (χ2v) is 6.28. The van der Waals surface area contributed by atoms with Gasteiger partial charge in [-0.05, 0) is 12.1 Å². The summed E-state index contributed by atoms with van der Waals surface area (Å²) in [4.78, 5) is 29.3. The standard InChI is InChI=1S/C17H28N6O/c1-20(2)17(21(3)4)19-10-8-16(24)23-13-11-22(12-14-23)15-7-5-6-9-18-15/h5-7,9H,8,10-14H2,1-4H3. The van der Waals surface area contributed by atoms with Gasteiger partial charge >= 0.3 is 0 Å². The van der Waals surface area contributed by atoms with Crippen molar-refractivity contribution in [1.29, 1.82) is 0 Å². The number of piperazine rings is 1. The van der Waals surface area contributed by atoms with E-state index in [9.17, 15) is 4.79 Å². The van der Waals surface area contributed by atoms with Crippen LogP contribution in [0.2, 0.25) is 0 Å². The van der Waals surface area contributed by atoms with E-state index in [1.807, 2.05) is 61.1 Å². The van der Waals surface area contributed by atoms with Gasteiger partial charge in [0.1, 0.15) is 5.82 Å². The number of anilines is 1. The molecule has 1 aromatic rings. The Kier molecular flexibility index (Phi) is 6.40. The van der Waals surface area contributed by atoms with Crippen molar-refractivity contribution < 1.29 is 4.79 Å². The fraction of sp³-hybridized carbons (Fsp3) is 0.588. The van der Waals surface area contributed by atoms with Gasteiger partial charge in [0.25, 0.3) is 0 Å².